The Balaban J connectivity index is 2.63. The number of rotatable bonds is 7. The summed E-state index contributed by atoms with van der Waals surface area (Å²) in [5, 5.41) is 8.60. The largest absolute Gasteiger partial charge is 0.481 e. The minimum atomic E-state index is -0.893. The van der Waals surface area contributed by atoms with E-state index in [1.807, 2.05) is 6.92 Å². The maximum absolute atomic E-state index is 12.9. The van der Waals surface area contributed by atoms with Crippen molar-refractivity contribution in [3.8, 4) is 0 Å². The molecular weight excluding hydrogens is 263 g/mol. The van der Waals surface area contributed by atoms with Crippen molar-refractivity contribution in [3.05, 3.63) is 30.1 Å². The maximum Gasteiger partial charge on any atom is 0.304 e. The van der Waals surface area contributed by atoms with E-state index >= 15 is 0 Å². The van der Waals surface area contributed by atoms with Gasteiger partial charge in [-0.25, -0.2) is 4.39 Å². The average molecular weight is 282 g/mol. The summed E-state index contributed by atoms with van der Waals surface area (Å²) < 4.78 is 12.9. The van der Waals surface area contributed by atoms with Gasteiger partial charge in [0, 0.05) is 18.8 Å². The van der Waals surface area contributed by atoms with Gasteiger partial charge in [0.25, 0.3) is 0 Å². The van der Waals surface area contributed by atoms with Crippen LogP contribution in [0.2, 0.25) is 0 Å². The van der Waals surface area contributed by atoms with Crippen LogP contribution in [0.1, 0.15) is 13.3 Å². The lowest BCUT2D eigenvalue weighted by molar-refractivity contribution is -0.137. The van der Waals surface area contributed by atoms with Crippen LogP contribution in [0.15, 0.2) is 24.3 Å². The van der Waals surface area contributed by atoms with Crippen molar-refractivity contribution in [2.45, 2.75) is 13.3 Å². The Labute approximate surface area is 117 Å². The molecule has 5 nitrogen and oxygen atoms in total. The van der Waals surface area contributed by atoms with Gasteiger partial charge in [0.15, 0.2) is 0 Å². The standard InChI is InChI=1S/C14H19FN2O3/c1-3-17(12-6-4-11(15)5-7-12)13(18)10-16(2)9-8-14(19)20/h4-7H,3,8-10H2,1-2H3,(H,19,20). The molecule has 1 amide bonds. The highest BCUT2D eigenvalue weighted by Crippen LogP contribution is 2.15. The van der Waals surface area contributed by atoms with E-state index in [4.69, 9.17) is 5.11 Å². The molecule has 1 aromatic rings. The monoisotopic (exact) mass is 282 g/mol. The number of carboxylic acids is 1. The number of hydrogen-bond donors (Lipinski definition) is 1. The lowest BCUT2D eigenvalue weighted by Gasteiger charge is -2.24. The quantitative estimate of drug-likeness (QED) is 0.825. The molecule has 6 heteroatoms. The highest BCUT2D eigenvalue weighted by molar-refractivity contribution is 5.94. The van der Waals surface area contributed by atoms with Crippen LogP contribution in [0.4, 0.5) is 10.1 Å². The molecule has 1 N–H and O–H groups in total. The first kappa shape index (κ1) is 16.1. The number of hydrogen-bond acceptors (Lipinski definition) is 3. The van der Waals surface area contributed by atoms with E-state index in [0.717, 1.165) is 0 Å². The lowest BCUT2D eigenvalue weighted by Crippen LogP contribution is -2.39. The third-order valence-electron chi connectivity index (χ3n) is 2.87. The first-order valence-electron chi connectivity index (χ1n) is 6.40. The summed E-state index contributed by atoms with van der Waals surface area (Å²) in [5.41, 5.74) is 0.630. The fourth-order valence-corrected chi connectivity index (χ4v) is 1.81. The molecule has 110 valence electrons. The highest BCUT2D eigenvalue weighted by Gasteiger charge is 2.16. The van der Waals surface area contributed by atoms with Gasteiger partial charge in [-0.15, -0.1) is 0 Å². The number of carbonyl (C=O) groups is 2. The van der Waals surface area contributed by atoms with E-state index in [-0.39, 0.29) is 24.7 Å². The molecule has 0 fully saturated rings. The van der Waals surface area contributed by atoms with Gasteiger partial charge in [0.1, 0.15) is 5.82 Å². The minimum absolute atomic E-state index is 0.00749. The second-order valence-electron chi connectivity index (χ2n) is 4.50. The highest BCUT2D eigenvalue weighted by atomic mass is 19.1. The Bertz CT molecular complexity index is 462. The van der Waals surface area contributed by atoms with Gasteiger partial charge >= 0.3 is 5.97 Å². The van der Waals surface area contributed by atoms with Gasteiger partial charge in [-0.2, -0.15) is 0 Å². The molecule has 0 aliphatic rings. The Morgan fingerprint density at radius 2 is 1.85 bits per heavy atom. The molecule has 0 aromatic heterocycles. The Morgan fingerprint density at radius 3 is 2.35 bits per heavy atom. The van der Waals surface area contributed by atoms with Crippen LogP contribution >= 0.6 is 0 Å². The molecule has 1 rings (SSSR count). The first-order chi connectivity index (χ1) is 9.43. The number of nitrogens with zero attached hydrogens (tertiary/aromatic N) is 2. The number of benzene rings is 1. The van der Waals surface area contributed by atoms with Crippen LogP contribution in [0.3, 0.4) is 0 Å². The number of aliphatic carboxylic acids is 1. The van der Waals surface area contributed by atoms with E-state index in [1.165, 1.54) is 17.0 Å². The summed E-state index contributed by atoms with van der Waals surface area (Å²) in [5.74, 6) is -1.39. The summed E-state index contributed by atoms with van der Waals surface area (Å²) in [4.78, 5) is 25.8. The first-order valence-corrected chi connectivity index (χ1v) is 6.40. The smallest absolute Gasteiger partial charge is 0.304 e. The molecule has 0 saturated carbocycles. The van der Waals surface area contributed by atoms with Crippen molar-refractivity contribution in [2.75, 3.05) is 31.6 Å². The normalized spacial score (nSPS) is 10.6. The topological polar surface area (TPSA) is 60.9 Å². The molecule has 20 heavy (non-hydrogen) atoms. The van der Waals surface area contributed by atoms with Crippen molar-refractivity contribution in [1.29, 1.82) is 0 Å². The van der Waals surface area contributed by atoms with Gasteiger partial charge in [-0.3, -0.25) is 14.5 Å². The molecule has 0 aliphatic carbocycles. The molecule has 0 radical (unpaired) electrons. The zero-order chi connectivity index (χ0) is 15.1. The zero-order valence-corrected chi connectivity index (χ0v) is 11.7. The molecular formula is C14H19FN2O3. The molecule has 0 heterocycles. The van der Waals surface area contributed by atoms with E-state index < -0.39 is 5.97 Å². The van der Waals surface area contributed by atoms with Crippen LogP contribution in [-0.4, -0.2) is 48.6 Å². The van der Waals surface area contributed by atoms with Gasteiger partial charge in [-0.05, 0) is 38.2 Å². The molecule has 0 spiro atoms. The number of carbonyl (C=O) groups excluding carboxylic acids is 1. The van der Waals surface area contributed by atoms with Gasteiger partial charge in [-0.1, -0.05) is 0 Å². The molecule has 1 aromatic carbocycles. The number of carboxylic acid groups (broad SMARTS) is 1. The van der Waals surface area contributed by atoms with Crippen LogP contribution < -0.4 is 4.90 Å². The number of likely N-dealkylation sites (N-methyl/N-ethyl adjacent to an activating group) is 2. The Kier molecular flexibility index (Phi) is 6.11. The minimum Gasteiger partial charge on any atom is -0.481 e. The number of halogens is 1. The van der Waals surface area contributed by atoms with Crippen molar-refractivity contribution < 1.29 is 19.1 Å². The SMILES string of the molecule is CCN(C(=O)CN(C)CCC(=O)O)c1ccc(F)cc1. The fourth-order valence-electron chi connectivity index (χ4n) is 1.81. The molecule has 0 bridgehead atoms. The van der Waals surface area contributed by atoms with Crippen molar-refractivity contribution in [3.63, 3.8) is 0 Å². The van der Waals surface area contributed by atoms with E-state index in [9.17, 15) is 14.0 Å². The number of amides is 1. The second kappa shape index (κ2) is 7.59. The average Bonchev–Trinajstić information content (AvgIpc) is 2.39. The summed E-state index contributed by atoms with van der Waals surface area (Å²) in [6.45, 7) is 2.73. The summed E-state index contributed by atoms with van der Waals surface area (Å²) in [6.07, 6.45) is -0.00749. The molecule has 0 aliphatic heterocycles. The molecule has 0 saturated heterocycles. The third-order valence-corrected chi connectivity index (χ3v) is 2.87. The van der Waals surface area contributed by atoms with Crippen LogP contribution in [-0.2, 0) is 9.59 Å². The Morgan fingerprint density at radius 1 is 1.25 bits per heavy atom. The van der Waals surface area contributed by atoms with Crippen molar-refractivity contribution in [1.82, 2.24) is 4.90 Å². The third kappa shape index (κ3) is 4.97. The van der Waals surface area contributed by atoms with Gasteiger partial charge < -0.3 is 10.0 Å². The van der Waals surface area contributed by atoms with Crippen LogP contribution in [0.25, 0.3) is 0 Å². The summed E-state index contributed by atoms with van der Waals surface area (Å²) in [6, 6.07) is 5.71. The predicted octanol–water partition coefficient (Wildman–Crippen LogP) is 1.59. The van der Waals surface area contributed by atoms with E-state index in [0.29, 0.717) is 18.8 Å². The van der Waals surface area contributed by atoms with Crippen LogP contribution in [0, 0.1) is 5.82 Å². The van der Waals surface area contributed by atoms with Gasteiger partial charge in [0.2, 0.25) is 5.91 Å². The van der Waals surface area contributed by atoms with Crippen molar-refractivity contribution >= 4 is 17.6 Å². The second-order valence-corrected chi connectivity index (χ2v) is 4.50. The molecule has 0 unspecified atom stereocenters. The van der Waals surface area contributed by atoms with E-state index in [2.05, 4.69) is 0 Å². The molecule has 0 atom stereocenters. The van der Waals surface area contributed by atoms with Crippen LogP contribution in [0.5, 0.6) is 0 Å². The predicted molar refractivity (Wildman–Crippen MR) is 74.2 cm³/mol. The van der Waals surface area contributed by atoms with Crippen molar-refractivity contribution in [2.24, 2.45) is 0 Å². The summed E-state index contributed by atoms with van der Waals surface area (Å²) >= 11 is 0. The lowest BCUT2D eigenvalue weighted by atomic mass is 10.2. The summed E-state index contributed by atoms with van der Waals surface area (Å²) in [7, 11) is 1.69. The maximum atomic E-state index is 12.9. The Hall–Kier alpha value is -1.95. The zero-order valence-electron chi connectivity index (χ0n) is 11.7. The van der Waals surface area contributed by atoms with Gasteiger partial charge in [0.05, 0.1) is 13.0 Å². The van der Waals surface area contributed by atoms with E-state index in [1.54, 1.807) is 24.1 Å². The number of anilines is 1. The fraction of sp³-hybridized carbons (Fsp3) is 0.429.